The summed E-state index contributed by atoms with van der Waals surface area (Å²) in [6, 6.07) is 7.72. The average Bonchev–Trinajstić information content (AvgIpc) is 3.63. The molecule has 3 aromatic heterocycles. The first kappa shape index (κ1) is 29.5. The number of hydrogen-bond acceptors (Lipinski definition) is 9. The molecule has 3 fully saturated rings. The molecule has 3 N–H and O–H groups in total. The van der Waals surface area contributed by atoms with Crippen LogP contribution in [-0.4, -0.2) is 89.8 Å². The van der Waals surface area contributed by atoms with Gasteiger partial charge in [0.05, 0.1) is 17.8 Å². The Labute approximate surface area is 247 Å². The SMILES string of the molecule is O=C(NCC(O)N1CCC2C1CCN2C1CCC(O)(c2ccc(-c3ncccn3)cn2)CC1)c1cc(C(F)(F)F)ccn1. The van der Waals surface area contributed by atoms with Gasteiger partial charge in [-0.1, -0.05) is 0 Å². The number of halogens is 3. The number of alkyl halides is 3. The zero-order valence-corrected chi connectivity index (χ0v) is 23.5. The second-order valence-electron chi connectivity index (χ2n) is 11.6. The monoisotopic (exact) mass is 597 g/mol. The van der Waals surface area contributed by atoms with Crippen LogP contribution in [0.5, 0.6) is 0 Å². The first-order chi connectivity index (χ1) is 20.6. The van der Waals surface area contributed by atoms with E-state index >= 15 is 0 Å². The van der Waals surface area contributed by atoms with Crippen molar-refractivity contribution in [3.63, 3.8) is 0 Å². The summed E-state index contributed by atoms with van der Waals surface area (Å²) in [5, 5.41) is 24.9. The summed E-state index contributed by atoms with van der Waals surface area (Å²) in [6.45, 7) is 1.42. The van der Waals surface area contributed by atoms with Crippen LogP contribution in [0.15, 0.2) is 55.1 Å². The van der Waals surface area contributed by atoms with Crippen molar-refractivity contribution in [2.24, 2.45) is 0 Å². The lowest BCUT2D eigenvalue weighted by molar-refractivity contribution is -0.137. The third-order valence-electron chi connectivity index (χ3n) is 9.13. The van der Waals surface area contributed by atoms with Crippen molar-refractivity contribution < 1.29 is 28.2 Å². The summed E-state index contributed by atoms with van der Waals surface area (Å²) in [4.78, 5) is 33.8. The van der Waals surface area contributed by atoms with Crippen molar-refractivity contribution in [2.75, 3.05) is 19.6 Å². The molecule has 1 aliphatic carbocycles. The highest BCUT2D eigenvalue weighted by atomic mass is 19.4. The summed E-state index contributed by atoms with van der Waals surface area (Å²) >= 11 is 0. The Kier molecular flexibility index (Phi) is 8.16. The van der Waals surface area contributed by atoms with Crippen LogP contribution in [0.1, 0.15) is 60.3 Å². The lowest BCUT2D eigenvalue weighted by Gasteiger charge is -2.41. The van der Waals surface area contributed by atoms with E-state index in [9.17, 15) is 28.2 Å². The highest BCUT2D eigenvalue weighted by Crippen LogP contribution is 2.42. The number of nitrogens with zero attached hydrogens (tertiary/aromatic N) is 6. The Morgan fingerprint density at radius 2 is 1.74 bits per heavy atom. The van der Waals surface area contributed by atoms with Gasteiger partial charge in [-0.25, -0.2) is 9.97 Å². The van der Waals surface area contributed by atoms with Gasteiger partial charge in [-0.15, -0.1) is 0 Å². The topological polar surface area (TPSA) is 128 Å². The fraction of sp³-hybridized carbons (Fsp3) is 0.500. The van der Waals surface area contributed by atoms with Crippen LogP contribution < -0.4 is 5.32 Å². The lowest BCUT2D eigenvalue weighted by atomic mass is 9.79. The Balaban J connectivity index is 1.01. The number of rotatable bonds is 7. The van der Waals surface area contributed by atoms with Crippen LogP contribution >= 0.6 is 0 Å². The summed E-state index contributed by atoms with van der Waals surface area (Å²) in [6.07, 6.45) is 5.07. The maximum atomic E-state index is 13.0. The summed E-state index contributed by atoms with van der Waals surface area (Å²) in [5.74, 6) is -0.173. The van der Waals surface area contributed by atoms with Crippen molar-refractivity contribution in [3.8, 4) is 11.4 Å². The maximum Gasteiger partial charge on any atom is 0.416 e. The molecule has 2 saturated heterocycles. The average molecular weight is 598 g/mol. The van der Waals surface area contributed by atoms with Crippen molar-refractivity contribution in [3.05, 3.63) is 72.1 Å². The van der Waals surface area contributed by atoms with E-state index in [0.29, 0.717) is 43.0 Å². The molecule has 0 spiro atoms. The van der Waals surface area contributed by atoms with Gasteiger partial charge in [0.1, 0.15) is 17.5 Å². The van der Waals surface area contributed by atoms with Gasteiger partial charge >= 0.3 is 6.18 Å². The molecule has 3 unspecified atom stereocenters. The molecule has 1 amide bonds. The van der Waals surface area contributed by atoms with Crippen molar-refractivity contribution >= 4 is 5.91 Å². The fourth-order valence-electron chi connectivity index (χ4n) is 6.92. The van der Waals surface area contributed by atoms with Crippen molar-refractivity contribution in [1.82, 2.24) is 35.1 Å². The first-order valence-electron chi connectivity index (χ1n) is 14.6. The third-order valence-corrected chi connectivity index (χ3v) is 9.13. The largest absolute Gasteiger partial charge is 0.416 e. The van der Waals surface area contributed by atoms with Gasteiger partial charge in [0.15, 0.2) is 5.82 Å². The number of carbonyl (C=O) groups excluding carboxylic acids is 1. The highest BCUT2D eigenvalue weighted by Gasteiger charge is 2.48. The zero-order chi connectivity index (χ0) is 30.2. The molecule has 2 aliphatic heterocycles. The standard InChI is InChI=1S/C30H34F3N7O3/c31-30(32,33)20-6-13-34-22(16-20)28(42)38-18-26(41)40-15-8-23-24(40)7-14-39(23)21-4-9-29(43,10-5-21)25-3-2-19(17-37-25)27-35-11-1-12-36-27/h1-3,6,11-13,16-17,21,23-24,26,41,43H,4-5,7-10,14-15,18H2,(H,38,42). The van der Waals surface area contributed by atoms with E-state index < -0.39 is 29.5 Å². The molecule has 1 saturated carbocycles. The van der Waals surface area contributed by atoms with Crippen LogP contribution in [0.3, 0.4) is 0 Å². The Morgan fingerprint density at radius 1 is 1.00 bits per heavy atom. The van der Waals surface area contributed by atoms with Crippen LogP contribution in [0.2, 0.25) is 0 Å². The first-order valence-corrected chi connectivity index (χ1v) is 14.6. The molecule has 3 aliphatic rings. The van der Waals surface area contributed by atoms with E-state index in [1.54, 1.807) is 24.7 Å². The molecule has 228 valence electrons. The Bertz CT molecular complexity index is 1420. The molecule has 43 heavy (non-hydrogen) atoms. The van der Waals surface area contributed by atoms with E-state index in [1.165, 1.54) is 0 Å². The number of hydrogen-bond donors (Lipinski definition) is 3. The number of aromatic nitrogens is 4. The molecular weight excluding hydrogens is 563 g/mol. The molecule has 10 nitrogen and oxygen atoms in total. The molecule has 0 bridgehead atoms. The Morgan fingerprint density at radius 3 is 2.44 bits per heavy atom. The smallest absolute Gasteiger partial charge is 0.384 e. The predicted octanol–water partition coefficient (Wildman–Crippen LogP) is 2.98. The zero-order valence-electron chi connectivity index (χ0n) is 23.5. The van der Waals surface area contributed by atoms with Crippen molar-refractivity contribution in [1.29, 1.82) is 0 Å². The minimum Gasteiger partial charge on any atom is -0.384 e. The number of nitrogens with one attached hydrogen (secondary N) is 1. The van der Waals surface area contributed by atoms with E-state index in [0.717, 1.165) is 50.1 Å². The fourth-order valence-corrected chi connectivity index (χ4v) is 6.92. The quantitative estimate of drug-likeness (QED) is 0.377. The highest BCUT2D eigenvalue weighted by molar-refractivity contribution is 5.92. The number of carbonyl (C=O) groups is 1. The molecule has 0 aromatic carbocycles. The van der Waals surface area contributed by atoms with E-state index in [1.807, 2.05) is 17.0 Å². The normalized spacial score (nSPS) is 27.1. The van der Waals surface area contributed by atoms with Gasteiger partial charge < -0.3 is 15.5 Å². The maximum absolute atomic E-state index is 13.0. The molecular formula is C30H34F3N7O3. The molecule has 0 radical (unpaired) electrons. The van der Waals surface area contributed by atoms with Gasteiger partial charge in [0.25, 0.3) is 5.91 Å². The molecule has 6 rings (SSSR count). The third kappa shape index (κ3) is 6.12. The summed E-state index contributed by atoms with van der Waals surface area (Å²) < 4.78 is 39.0. The minimum absolute atomic E-state index is 0.112. The molecule has 5 heterocycles. The van der Waals surface area contributed by atoms with Gasteiger partial charge in [-0.05, 0) is 68.9 Å². The van der Waals surface area contributed by atoms with Crippen LogP contribution in [-0.2, 0) is 11.8 Å². The van der Waals surface area contributed by atoms with Crippen LogP contribution in [0.4, 0.5) is 13.2 Å². The number of pyridine rings is 2. The molecule has 3 aromatic rings. The van der Waals surface area contributed by atoms with Gasteiger partial charge in [-0.3, -0.25) is 24.6 Å². The number of likely N-dealkylation sites (tertiary alicyclic amines) is 2. The van der Waals surface area contributed by atoms with E-state index in [4.69, 9.17) is 0 Å². The number of amides is 1. The number of aliphatic hydroxyl groups excluding tert-OH is 1. The van der Waals surface area contributed by atoms with Gasteiger partial charge in [-0.2, -0.15) is 13.2 Å². The van der Waals surface area contributed by atoms with Crippen LogP contribution in [0, 0.1) is 0 Å². The van der Waals surface area contributed by atoms with Gasteiger partial charge in [0.2, 0.25) is 0 Å². The molecule has 13 heteroatoms. The van der Waals surface area contributed by atoms with Crippen LogP contribution in [0.25, 0.3) is 11.4 Å². The molecule has 3 atom stereocenters. The lowest BCUT2D eigenvalue weighted by Crippen LogP contribution is -2.49. The van der Waals surface area contributed by atoms with E-state index in [2.05, 4.69) is 30.2 Å². The predicted molar refractivity (Wildman–Crippen MR) is 149 cm³/mol. The van der Waals surface area contributed by atoms with Gasteiger partial charge in [0, 0.05) is 61.6 Å². The van der Waals surface area contributed by atoms with Crippen molar-refractivity contribution in [2.45, 2.75) is 74.7 Å². The minimum atomic E-state index is -4.58. The second-order valence-corrected chi connectivity index (χ2v) is 11.6. The van der Waals surface area contributed by atoms with E-state index in [-0.39, 0.29) is 24.3 Å². The number of fused-ring (bicyclic) bond motifs is 1. The second kappa shape index (κ2) is 11.9. The summed E-state index contributed by atoms with van der Waals surface area (Å²) in [7, 11) is 0. The summed E-state index contributed by atoms with van der Waals surface area (Å²) in [5.41, 5.74) is -0.833. The number of aliphatic hydroxyl groups is 2. The Hall–Kier alpha value is -3.52.